The number of aryl methyl sites for hydroxylation is 1. The number of piperidine rings is 1. The van der Waals surface area contributed by atoms with Crippen LogP contribution in [0.3, 0.4) is 0 Å². The third-order valence-electron chi connectivity index (χ3n) is 4.51. The number of halogens is 2. The van der Waals surface area contributed by atoms with Gasteiger partial charge in [0.05, 0.1) is 6.54 Å². The van der Waals surface area contributed by atoms with E-state index in [2.05, 4.69) is 15.3 Å². The van der Waals surface area contributed by atoms with Gasteiger partial charge in [-0.3, -0.25) is 0 Å². The Morgan fingerprint density at radius 1 is 1.30 bits per heavy atom. The lowest BCUT2D eigenvalue weighted by Crippen LogP contribution is -2.46. The van der Waals surface area contributed by atoms with Gasteiger partial charge < -0.3 is 15.0 Å². The van der Waals surface area contributed by atoms with E-state index in [1.807, 2.05) is 31.2 Å². The normalized spacial score (nSPS) is 19.1. The lowest BCUT2D eigenvalue weighted by molar-refractivity contribution is 0.0544. The summed E-state index contributed by atoms with van der Waals surface area (Å²) in [5, 5.41) is 3.04. The smallest absolute Gasteiger partial charge is 0.410 e. The summed E-state index contributed by atoms with van der Waals surface area (Å²) < 4.78 is 19.7. The van der Waals surface area contributed by atoms with Crippen molar-refractivity contribution in [2.24, 2.45) is 5.92 Å². The van der Waals surface area contributed by atoms with Gasteiger partial charge in [0.2, 0.25) is 5.95 Å². The molecule has 1 aliphatic heterocycles. The van der Waals surface area contributed by atoms with Crippen molar-refractivity contribution in [2.75, 3.05) is 25.0 Å². The highest BCUT2D eigenvalue weighted by molar-refractivity contribution is 5.85. The molecule has 3 rings (SSSR count). The number of nitrogens with one attached hydrogen (secondary N) is 1. The average Bonchev–Trinajstić information content (AvgIpc) is 2.67. The Balaban J connectivity index is 0.00000261. The number of carbonyl (C=O) groups is 1. The summed E-state index contributed by atoms with van der Waals surface area (Å²) in [6, 6.07) is 9.50. The van der Waals surface area contributed by atoms with Gasteiger partial charge in [-0.15, -0.1) is 12.4 Å². The summed E-state index contributed by atoms with van der Waals surface area (Å²) in [5.41, 5.74) is 2.07. The average molecular weight is 395 g/mol. The number of aromatic nitrogens is 2. The number of alkyl halides is 1. The molecule has 0 saturated carbocycles. The summed E-state index contributed by atoms with van der Waals surface area (Å²) in [5.74, 6) is 0.305. The predicted octanol–water partition coefficient (Wildman–Crippen LogP) is 3.62. The number of ether oxygens (including phenoxy) is 1. The van der Waals surface area contributed by atoms with E-state index in [-0.39, 0.29) is 31.5 Å². The number of likely N-dealkylation sites (tertiary alicyclic amines) is 1. The molecule has 2 heterocycles. The molecular weight excluding hydrogens is 371 g/mol. The Kier molecular flexibility index (Phi) is 7.79. The van der Waals surface area contributed by atoms with Gasteiger partial charge in [-0.2, -0.15) is 0 Å². The molecule has 0 unspecified atom stereocenters. The van der Waals surface area contributed by atoms with Crippen LogP contribution in [0.4, 0.5) is 15.1 Å². The largest absolute Gasteiger partial charge is 0.445 e. The second kappa shape index (κ2) is 10.1. The Morgan fingerprint density at radius 2 is 2.00 bits per heavy atom. The molecule has 1 aromatic carbocycles. The maximum absolute atomic E-state index is 14.4. The van der Waals surface area contributed by atoms with Gasteiger partial charge in [-0.05, 0) is 25.0 Å². The molecule has 0 bridgehead atoms. The quantitative estimate of drug-likeness (QED) is 0.838. The number of hydrogen-bond donors (Lipinski definition) is 1. The molecule has 1 saturated heterocycles. The fraction of sp³-hybridized carbons (Fsp3) is 0.421. The Labute approximate surface area is 164 Å². The first kappa shape index (κ1) is 20.9. The first-order chi connectivity index (χ1) is 12.6. The summed E-state index contributed by atoms with van der Waals surface area (Å²) in [6.45, 7) is 3.17. The zero-order valence-electron chi connectivity index (χ0n) is 15.2. The molecule has 1 N–H and O–H groups in total. The van der Waals surface area contributed by atoms with Crippen LogP contribution in [-0.4, -0.2) is 46.8 Å². The fourth-order valence-corrected chi connectivity index (χ4v) is 2.88. The topological polar surface area (TPSA) is 67.3 Å². The van der Waals surface area contributed by atoms with Crippen LogP contribution in [-0.2, 0) is 11.3 Å². The van der Waals surface area contributed by atoms with Gasteiger partial charge in [0.25, 0.3) is 0 Å². The lowest BCUT2D eigenvalue weighted by atomic mass is 9.95. The van der Waals surface area contributed by atoms with Crippen LogP contribution in [0.25, 0.3) is 0 Å². The van der Waals surface area contributed by atoms with E-state index in [4.69, 9.17) is 4.74 Å². The zero-order valence-corrected chi connectivity index (χ0v) is 16.0. The highest BCUT2D eigenvalue weighted by Crippen LogP contribution is 2.22. The molecule has 1 fully saturated rings. The van der Waals surface area contributed by atoms with Crippen molar-refractivity contribution >= 4 is 24.4 Å². The molecule has 1 amide bonds. The first-order valence-corrected chi connectivity index (χ1v) is 8.74. The lowest BCUT2D eigenvalue weighted by Gasteiger charge is -2.34. The molecule has 2 atom stereocenters. The third-order valence-corrected chi connectivity index (χ3v) is 4.51. The van der Waals surface area contributed by atoms with Crippen molar-refractivity contribution in [2.45, 2.75) is 26.1 Å². The van der Waals surface area contributed by atoms with Crippen molar-refractivity contribution in [3.63, 3.8) is 0 Å². The maximum Gasteiger partial charge on any atom is 0.410 e. The molecule has 27 heavy (non-hydrogen) atoms. The second-order valence-electron chi connectivity index (χ2n) is 6.50. The summed E-state index contributed by atoms with van der Waals surface area (Å²) in [4.78, 5) is 21.7. The predicted molar refractivity (Wildman–Crippen MR) is 104 cm³/mol. The first-order valence-electron chi connectivity index (χ1n) is 8.74. The second-order valence-corrected chi connectivity index (χ2v) is 6.50. The van der Waals surface area contributed by atoms with Crippen LogP contribution >= 0.6 is 12.4 Å². The van der Waals surface area contributed by atoms with E-state index in [9.17, 15) is 9.18 Å². The third kappa shape index (κ3) is 6.06. The molecular formula is C19H24ClFN4O2. The molecule has 8 heteroatoms. The molecule has 0 spiro atoms. The highest BCUT2D eigenvalue weighted by atomic mass is 35.5. The number of benzene rings is 1. The van der Waals surface area contributed by atoms with Crippen molar-refractivity contribution in [1.82, 2.24) is 14.9 Å². The molecule has 0 radical (unpaired) electrons. The van der Waals surface area contributed by atoms with Crippen molar-refractivity contribution in [3.05, 3.63) is 53.9 Å². The minimum Gasteiger partial charge on any atom is -0.445 e. The van der Waals surface area contributed by atoms with E-state index >= 15 is 0 Å². The van der Waals surface area contributed by atoms with Crippen LogP contribution in [0.15, 0.2) is 42.7 Å². The molecule has 146 valence electrons. The molecule has 2 aromatic rings. The van der Waals surface area contributed by atoms with Gasteiger partial charge in [-0.25, -0.2) is 19.2 Å². The molecule has 1 aliphatic rings. The van der Waals surface area contributed by atoms with Gasteiger partial charge in [0.15, 0.2) is 0 Å². The van der Waals surface area contributed by atoms with Gasteiger partial charge in [-0.1, -0.05) is 29.8 Å². The van der Waals surface area contributed by atoms with Crippen LogP contribution in [0, 0.1) is 12.8 Å². The minimum absolute atomic E-state index is 0. The van der Waals surface area contributed by atoms with E-state index in [1.54, 1.807) is 18.5 Å². The SMILES string of the molecule is Cc1ccc(COC(=O)N2CC[C@H](CNc3ncccn3)[C@@H](F)C2)cc1.Cl. The van der Waals surface area contributed by atoms with E-state index in [1.165, 1.54) is 4.90 Å². The fourth-order valence-electron chi connectivity index (χ4n) is 2.88. The highest BCUT2D eigenvalue weighted by Gasteiger charge is 2.32. The molecule has 6 nitrogen and oxygen atoms in total. The monoisotopic (exact) mass is 394 g/mol. The minimum atomic E-state index is -1.10. The maximum atomic E-state index is 14.4. The number of nitrogens with zero attached hydrogens (tertiary/aromatic N) is 3. The van der Waals surface area contributed by atoms with Gasteiger partial charge in [0.1, 0.15) is 12.8 Å². The summed E-state index contributed by atoms with van der Waals surface area (Å²) in [7, 11) is 0. The number of amides is 1. The van der Waals surface area contributed by atoms with Gasteiger partial charge >= 0.3 is 6.09 Å². The van der Waals surface area contributed by atoms with Crippen LogP contribution in [0.2, 0.25) is 0 Å². The Hall–Kier alpha value is -2.41. The van der Waals surface area contributed by atoms with E-state index in [0.29, 0.717) is 25.5 Å². The van der Waals surface area contributed by atoms with Crippen molar-refractivity contribution in [1.29, 1.82) is 0 Å². The van der Waals surface area contributed by atoms with Crippen molar-refractivity contribution < 1.29 is 13.9 Å². The van der Waals surface area contributed by atoms with E-state index in [0.717, 1.165) is 11.1 Å². The molecule has 1 aromatic heterocycles. The van der Waals surface area contributed by atoms with Crippen LogP contribution in [0.5, 0.6) is 0 Å². The zero-order chi connectivity index (χ0) is 18.4. The number of carbonyl (C=O) groups excluding carboxylic acids is 1. The van der Waals surface area contributed by atoms with E-state index < -0.39 is 12.3 Å². The van der Waals surface area contributed by atoms with Crippen LogP contribution in [0.1, 0.15) is 17.5 Å². The Bertz CT molecular complexity index is 717. The van der Waals surface area contributed by atoms with Crippen LogP contribution < -0.4 is 5.32 Å². The molecule has 0 aliphatic carbocycles. The standard InChI is InChI=1S/C19H23FN4O2.ClH/c1-14-3-5-15(6-4-14)13-26-19(25)24-10-7-16(17(20)12-24)11-23-18-21-8-2-9-22-18;/h2-6,8-9,16-17H,7,10-13H2,1H3,(H,21,22,23);1H/t16-,17+;/m1./s1. The number of hydrogen-bond acceptors (Lipinski definition) is 5. The van der Waals surface area contributed by atoms with Crippen molar-refractivity contribution in [3.8, 4) is 0 Å². The number of rotatable bonds is 5. The summed E-state index contributed by atoms with van der Waals surface area (Å²) >= 11 is 0. The number of anilines is 1. The van der Waals surface area contributed by atoms with Gasteiger partial charge in [0, 0.05) is 31.4 Å². The summed E-state index contributed by atoms with van der Waals surface area (Å²) in [6.07, 6.45) is 2.27. The Morgan fingerprint density at radius 3 is 2.67 bits per heavy atom.